The van der Waals surface area contributed by atoms with Crippen LogP contribution in [0.1, 0.15) is 59.3 Å². The van der Waals surface area contributed by atoms with Gasteiger partial charge in [0.15, 0.2) is 0 Å². The molecule has 0 bridgehead atoms. The molecule has 20 nitrogen and oxygen atoms in total. The lowest BCUT2D eigenvalue weighted by atomic mass is 10.1. The molecule has 0 unspecified atom stereocenters. The summed E-state index contributed by atoms with van der Waals surface area (Å²) >= 11 is 0. The molecule has 0 aromatic rings. The average Bonchev–Trinajstić information content (AvgIpc) is 2.99. The quantitative estimate of drug-likeness (QED) is 0.0677. The number of rotatable bonds is 13. The van der Waals surface area contributed by atoms with E-state index in [1.54, 1.807) is 0 Å². The first-order chi connectivity index (χ1) is 21.6. The zero-order valence-electron chi connectivity index (χ0n) is 26.0. The van der Waals surface area contributed by atoms with E-state index in [1.165, 1.54) is 0 Å². The Morgan fingerprint density at radius 3 is 1.24 bits per heavy atom. The lowest BCUT2D eigenvalue weighted by Crippen LogP contribution is -2.58. The second-order valence-electron chi connectivity index (χ2n) is 10.6. The summed E-state index contributed by atoms with van der Waals surface area (Å²) in [6, 6.07) is -5.67. The van der Waals surface area contributed by atoms with Crippen molar-refractivity contribution in [2.75, 3.05) is 32.8 Å². The van der Waals surface area contributed by atoms with E-state index in [1.807, 2.05) is 0 Å². The molecule has 1 rings (SSSR count). The minimum absolute atomic E-state index is 0.0104. The maximum Gasteiger partial charge on any atom is 0.245 e. The molecule has 0 aromatic carbocycles. The van der Waals surface area contributed by atoms with Gasteiger partial charge in [0.2, 0.25) is 47.3 Å². The Morgan fingerprint density at radius 2 is 0.913 bits per heavy atom. The molecular formula is C26H44N8O12. The van der Waals surface area contributed by atoms with Gasteiger partial charge in [0.05, 0.1) is 13.2 Å². The monoisotopic (exact) mass is 660 g/mol. The normalized spacial score (nSPS) is 21.3. The van der Waals surface area contributed by atoms with Crippen LogP contribution < -0.4 is 26.6 Å². The summed E-state index contributed by atoms with van der Waals surface area (Å²) in [5.74, 6) is -6.55. The maximum absolute atomic E-state index is 13.5. The van der Waals surface area contributed by atoms with Gasteiger partial charge in [-0.2, -0.15) is 0 Å². The molecule has 1 saturated heterocycles. The van der Waals surface area contributed by atoms with Crippen molar-refractivity contribution in [3.05, 3.63) is 0 Å². The lowest BCUT2D eigenvalue weighted by Gasteiger charge is -2.26. The first kappa shape index (κ1) is 39.6. The van der Waals surface area contributed by atoms with Crippen LogP contribution in [-0.2, 0) is 38.4 Å². The van der Waals surface area contributed by atoms with Gasteiger partial charge in [0.25, 0.3) is 0 Å². The van der Waals surface area contributed by atoms with Gasteiger partial charge in [-0.3, -0.25) is 54.0 Å². The van der Waals surface area contributed by atoms with Crippen molar-refractivity contribution in [3.8, 4) is 0 Å². The fourth-order valence-electron chi connectivity index (χ4n) is 4.16. The Morgan fingerprint density at radius 1 is 0.587 bits per heavy atom. The molecule has 8 amide bonds. The highest BCUT2D eigenvalue weighted by Gasteiger charge is 2.32. The van der Waals surface area contributed by atoms with E-state index in [2.05, 4.69) is 26.6 Å². The first-order valence-electron chi connectivity index (χ1n) is 14.6. The van der Waals surface area contributed by atoms with Crippen molar-refractivity contribution < 1.29 is 59.1 Å². The predicted molar refractivity (Wildman–Crippen MR) is 153 cm³/mol. The van der Waals surface area contributed by atoms with Crippen molar-refractivity contribution in [1.82, 2.24) is 41.8 Å². The fourth-order valence-corrected chi connectivity index (χ4v) is 4.16. The van der Waals surface area contributed by atoms with Crippen LogP contribution in [0, 0.1) is 0 Å². The highest BCUT2D eigenvalue weighted by molar-refractivity contribution is 5.97. The Balaban J connectivity index is 3.38. The van der Waals surface area contributed by atoms with Crippen LogP contribution in [-0.4, -0.2) is 140 Å². The molecule has 9 N–H and O–H groups in total. The summed E-state index contributed by atoms with van der Waals surface area (Å²) in [4.78, 5) is 99.4. The van der Waals surface area contributed by atoms with Crippen LogP contribution in [0.5, 0.6) is 0 Å². The zero-order valence-corrected chi connectivity index (χ0v) is 26.0. The van der Waals surface area contributed by atoms with Gasteiger partial charge in [-0.1, -0.05) is 0 Å². The van der Waals surface area contributed by atoms with Crippen molar-refractivity contribution in [1.29, 1.82) is 0 Å². The van der Waals surface area contributed by atoms with E-state index < -0.39 is 84.6 Å². The molecule has 1 aliphatic heterocycles. The Kier molecular flexibility index (Phi) is 17.1. The number of nitrogens with one attached hydrogen (secondary N) is 5. The minimum atomic E-state index is -1.55. The number of aliphatic hydroxyl groups is 1. The number of amides is 8. The van der Waals surface area contributed by atoms with Crippen LogP contribution in [0.3, 0.4) is 0 Å². The average molecular weight is 661 g/mol. The number of carbonyl (C=O) groups excluding carboxylic acids is 8. The van der Waals surface area contributed by atoms with Gasteiger partial charge >= 0.3 is 0 Å². The maximum atomic E-state index is 13.5. The highest BCUT2D eigenvalue weighted by atomic mass is 16.5. The standard InChI is InChI=1S/C26H44N8O12/c1-15(36)32(44)10-4-7-18-24(41)29-19(8-5-11-33(45)16(2)37)25(42)30-20(9-6-12-34(46)17(3)38)26(43)31-21(14-35)23(40)27-13-22(39)28-18/h18-21,35,44-46H,4-14H2,1-3H3,(H,27,40)(H,28,39)(H,29,41)(H,30,42)(H,31,43)/t18-,19-,20-,21-/m0/s1. The van der Waals surface area contributed by atoms with Crippen molar-refractivity contribution >= 4 is 47.3 Å². The van der Waals surface area contributed by atoms with Crippen LogP contribution in [0.2, 0.25) is 0 Å². The molecule has 0 aromatic heterocycles. The second kappa shape index (κ2) is 19.9. The number of carbonyl (C=O) groups is 8. The number of nitrogens with zero attached hydrogens (tertiary/aromatic N) is 3. The van der Waals surface area contributed by atoms with Crippen LogP contribution in [0.25, 0.3) is 0 Å². The topological polar surface area (TPSA) is 287 Å². The third-order valence-electron chi connectivity index (χ3n) is 6.84. The van der Waals surface area contributed by atoms with Crippen molar-refractivity contribution in [2.24, 2.45) is 0 Å². The summed E-state index contributed by atoms with van der Waals surface area (Å²) in [6.07, 6.45) is -0.474. The number of hydroxylamine groups is 6. The Hall–Kier alpha value is -4.40. The number of hydrogen-bond acceptors (Lipinski definition) is 12. The molecular weight excluding hydrogens is 616 g/mol. The third kappa shape index (κ3) is 14.1. The molecule has 1 heterocycles. The van der Waals surface area contributed by atoms with Crippen LogP contribution in [0.4, 0.5) is 0 Å². The van der Waals surface area contributed by atoms with Crippen LogP contribution >= 0.6 is 0 Å². The van der Waals surface area contributed by atoms with E-state index in [-0.39, 0.29) is 58.2 Å². The zero-order chi connectivity index (χ0) is 35.0. The van der Waals surface area contributed by atoms with Crippen LogP contribution in [0.15, 0.2) is 0 Å². The van der Waals surface area contributed by atoms with Gasteiger partial charge < -0.3 is 31.7 Å². The summed E-state index contributed by atoms with van der Waals surface area (Å²) in [5, 5.41) is 51.9. The molecule has 0 saturated carbocycles. The number of hydrogen-bond donors (Lipinski definition) is 9. The summed E-state index contributed by atoms with van der Waals surface area (Å²) in [6.45, 7) is 1.12. The third-order valence-corrected chi connectivity index (χ3v) is 6.84. The predicted octanol–water partition coefficient (Wildman–Crippen LogP) is -3.90. The molecule has 20 heteroatoms. The molecule has 0 aliphatic carbocycles. The van der Waals surface area contributed by atoms with E-state index in [9.17, 15) is 59.1 Å². The van der Waals surface area contributed by atoms with E-state index >= 15 is 0 Å². The van der Waals surface area contributed by atoms with E-state index in [4.69, 9.17) is 0 Å². The molecule has 4 atom stereocenters. The Labute approximate surface area is 264 Å². The first-order valence-corrected chi connectivity index (χ1v) is 14.6. The summed E-state index contributed by atoms with van der Waals surface area (Å²) < 4.78 is 0. The van der Waals surface area contributed by atoms with Gasteiger partial charge in [0.1, 0.15) is 24.2 Å². The summed E-state index contributed by atoms with van der Waals surface area (Å²) in [7, 11) is 0. The SMILES string of the molecule is CC(=O)N(O)CCC[C@@H]1NC(=O)CNC(=O)[C@H](CO)NC(=O)[C@H](CCCN(O)C(C)=O)NC(=O)[C@H](CCCN(O)C(C)=O)NC1=O. The Bertz CT molecular complexity index is 1120. The largest absolute Gasteiger partial charge is 0.394 e. The van der Waals surface area contributed by atoms with Gasteiger partial charge in [-0.05, 0) is 38.5 Å². The molecule has 1 aliphatic rings. The number of aliphatic hydroxyl groups excluding tert-OH is 1. The summed E-state index contributed by atoms with van der Waals surface area (Å²) in [5.41, 5.74) is 0. The second-order valence-corrected chi connectivity index (χ2v) is 10.6. The van der Waals surface area contributed by atoms with Crippen molar-refractivity contribution in [3.63, 3.8) is 0 Å². The smallest absolute Gasteiger partial charge is 0.245 e. The van der Waals surface area contributed by atoms with E-state index in [0.717, 1.165) is 20.8 Å². The fraction of sp³-hybridized carbons (Fsp3) is 0.692. The van der Waals surface area contributed by atoms with Gasteiger partial charge in [-0.25, -0.2) is 15.2 Å². The highest BCUT2D eigenvalue weighted by Crippen LogP contribution is 2.08. The minimum Gasteiger partial charge on any atom is -0.394 e. The molecule has 46 heavy (non-hydrogen) atoms. The van der Waals surface area contributed by atoms with Gasteiger partial charge in [-0.15, -0.1) is 0 Å². The van der Waals surface area contributed by atoms with Gasteiger partial charge in [0, 0.05) is 40.4 Å². The molecule has 0 radical (unpaired) electrons. The molecule has 260 valence electrons. The molecule has 1 fully saturated rings. The lowest BCUT2D eigenvalue weighted by molar-refractivity contribution is -0.163. The molecule has 0 spiro atoms. The van der Waals surface area contributed by atoms with Crippen molar-refractivity contribution in [2.45, 2.75) is 83.5 Å². The van der Waals surface area contributed by atoms with E-state index in [0.29, 0.717) is 15.2 Å².